The molecule has 0 saturated carbocycles. The minimum Gasteiger partial charge on any atom is -0.432 e. The number of rotatable bonds is 10. The Morgan fingerprint density at radius 1 is 0.773 bits per heavy atom. The van der Waals surface area contributed by atoms with Crippen molar-refractivity contribution in [2.24, 2.45) is 5.41 Å². The van der Waals surface area contributed by atoms with Crippen molar-refractivity contribution in [1.29, 1.82) is 15.8 Å². The summed E-state index contributed by atoms with van der Waals surface area (Å²) in [6.07, 6.45) is 5.29. The number of nitrogens with zero attached hydrogens (tertiary/aromatic N) is 3. The molecule has 0 aliphatic heterocycles. The second-order valence-electron chi connectivity index (χ2n) is 7.42. The molecular formula is C17H29N3OSi. The first-order chi connectivity index (χ1) is 10.1. The van der Waals surface area contributed by atoms with Crippen LogP contribution >= 0.6 is 0 Å². The summed E-state index contributed by atoms with van der Waals surface area (Å²) in [7, 11) is -2.27. The zero-order valence-electron chi connectivity index (χ0n) is 14.4. The van der Waals surface area contributed by atoms with Gasteiger partial charge in [-0.05, 0) is 55.7 Å². The molecule has 0 aromatic rings. The van der Waals surface area contributed by atoms with Gasteiger partial charge >= 0.3 is 0 Å². The van der Waals surface area contributed by atoms with Gasteiger partial charge in [0, 0.05) is 19.3 Å². The summed E-state index contributed by atoms with van der Waals surface area (Å²) >= 11 is 0. The van der Waals surface area contributed by atoms with Crippen molar-refractivity contribution in [3.05, 3.63) is 0 Å². The maximum atomic E-state index is 10.5. The number of nitriles is 3. The van der Waals surface area contributed by atoms with Crippen LogP contribution in [0.1, 0.15) is 65.2 Å². The van der Waals surface area contributed by atoms with Crippen LogP contribution in [-0.2, 0) is 0 Å². The topological polar surface area (TPSA) is 91.6 Å². The van der Waals surface area contributed by atoms with Crippen molar-refractivity contribution in [2.45, 2.75) is 83.3 Å². The van der Waals surface area contributed by atoms with Gasteiger partial charge in [-0.2, -0.15) is 15.8 Å². The van der Waals surface area contributed by atoms with Gasteiger partial charge in [0.25, 0.3) is 0 Å². The molecule has 0 spiro atoms. The van der Waals surface area contributed by atoms with Crippen molar-refractivity contribution in [3.63, 3.8) is 0 Å². The molecule has 0 heterocycles. The fourth-order valence-electron chi connectivity index (χ4n) is 2.60. The fraction of sp³-hybridized carbons (Fsp3) is 0.824. The average Bonchev–Trinajstić information content (AvgIpc) is 2.44. The molecule has 0 unspecified atom stereocenters. The van der Waals surface area contributed by atoms with E-state index < -0.39 is 8.32 Å². The molecule has 0 rings (SSSR count). The summed E-state index contributed by atoms with van der Waals surface area (Å²) < 4.78 is 0. The largest absolute Gasteiger partial charge is 0.432 e. The highest BCUT2D eigenvalue weighted by atomic mass is 28.4. The first-order valence-electron chi connectivity index (χ1n) is 7.97. The molecule has 0 aliphatic rings. The van der Waals surface area contributed by atoms with Crippen molar-refractivity contribution in [2.75, 3.05) is 0 Å². The van der Waals surface area contributed by atoms with Gasteiger partial charge in [0.1, 0.15) is 0 Å². The van der Waals surface area contributed by atoms with E-state index in [0.29, 0.717) is 19.3 Å². The first-order valence-corrected chi connectivity index (χ1v) is 10.9. The van der Waals surface area contributed by atoms with Crippen molar-refractivity contribution in [1.82, 2.24) is 0 Å². The molecular weight excluding hydrogens is 290 g/mol. The second-order valence-corrected chi connectivity index (χ2v) is 11.9. The summed E-state index contributed by atoms with van der Waals surface area (Å²) in [5.74, 6) is 0. The smallest absolute Gasteiger partial charge is 0.188 e. The number of hydrogen-bond acceptors (Lipinski definition) is 4. The van der Waals surface area contributed by atoms with Crippen LogP contribution in [0.5, 0.6) is 0 Å². The predicted molar refractivity (Wildman–Crippen MR) is 89.9 cm³/mol. The second kappa shape index (κ2) is 8.94. The molecule has 22 heavy (non-hydrogen) atoms. The Morgan fingerprint density at radius 3 is 1.41 bits per heavy atom. The molecule has 1 N–H and O–H groups in total. The maximum absolute atomic E-state index is 10.5. The van der Waals surface area contributed by atoms with Crippen LogP contribution in [0.15, 0.2) is 0 Å². The van der Waals surface area contributed by atoms with E-state index in [4.69, 9.17) is 15.8 Å². The molecule has 0 aliphatic carbocycles. The molecule has 0 amide bonds. The Labute approximate surface area is 136 Å². The summed E-state index contributed by atoms with van der Waals surface area (Å²) in [5, 5.41) is 26.7. The normalized spacial score (nSPS) is 12.3. The van der Waals surface area contributed by atoms with Crippen LogP contribution in [-0.4, -0.2) is 13.1 Å². The van der Waals surface area contributed by atoms with Crippen LogP contribution in [0.25, 0.3) is 0 Å². The van der Waals surface area contributed by atoms with Crippen LogP contribution in [0.3, 0.4) is 0 Å². The van der Waals surface area contributed by atoms with Crippen LogP contribution in [0.2, 0.25) is 18.1 Å². The van der Waals surface area contributed by atoms with E-state index in [2.05, 4.69) is 32.1 Å². The standard InChI is InChI=1S/C17H29N3OSi/c1-16(2,22(3,4)21)11-12-17(8-5-13-18,9-6-14-19)10-7-15-20/h21H,5-12H2,1-4H3. The van der Waals surface area contributed by atoms with E-state index in [1.165, 1.54) is 0 Å². The van der Waals surface area contributed by atoms with E-state index in [0.717, 1.165) is 32.1 Å². The minimum atomic E-state index is -2.27. The SMILES string of the molecule is CC(C)(CCC(CCC#N)(CCC#N)CCC#N)[Si](C)(C)O. The third kappa shape index (κ3) is 6.61. The third-order valence-electron chi connectivity index (χ3n) is 5.24. The van der Waals surface area contributed by atoms with Gasteiger partial charge in [0.2, 0.25) is 0 Å². The summed E-state index contributed by atoms with van der Waals surface area (Å²) in [5.41, 5.74) is -0.127. The quantitative estimate of drug-likeness (QED) is 0.594. The lowest BCUT2D eigenvalue weighted by Gasteiger charge is -2.40. The van der Waals surface area contributed by atoms with Crippen molar-refractivity contribution >= 4 is 8.32 Å². The van der Waals surface area contributed by atoms with Gasteiger partial charge in [-0.15, -0.1) is 0 Å². The summed E-state index contributed by atoms with van der Waals surface area (Å²) in [6.45, 7) is 8.11. The highest BCUT2D eigenvalue weighted by molar-refractivity contribution is 6.72. The maximum Gasteiger partial charge on any atom is 0.188 e. The molecule has 0 atom stereocenters. The lowest BCUT2D eigenvalue weighted by molar-refractivity contribution is 0.190. The lowest BCUT2D eigenvalue weighted by atomic mass is 9.71. The van der Waals surface area contributed by atoms with Crippen LogP contribution in [0, 0.1) is 39.4 Å². The Morgan fingerprint density at radius 2 is 1.14 bits per heavy atom. The van der Waals surface area contributed by atoms with E-state index in [-0.39, 0.29) is 10.5 Å². The predicted octanol–water partition coefficient (Wildman–Crippen LogP) is 4.64. The Kier molecular flexibility index (Phi) is 8.39. The molecule has 0 radical (unpaired) electrons. The van der Waals surface area contributed by atoms with Crippen LogP contribution in [0.4, 0.5) is 0 Å². The number of hydrogen-bond donors (Lipinski definition) is 1. The van der Waals surface area contributed by atoms with Gasteiger partial charge in [-0.1, -0.05) is 13.8 Å². The average molecular weight is 320 g/mol. The monoisotopic (exact) mass is 319 g/mol. The highest BCUT2D eigenvalue weighted by Gasteiger charge is 2.40. The van der Waals surface area contributed by atoms with Gasteiger partial charge < -0.3 is 4.80 Å². The van der Waals surface area contributed by atoms with Gasteiger partial charge in [-0.25, -0.2) is 0 Å². The van der Waals surface area contributed by atoms with E-state index in [1.807, 2.05) is 13.1 Å². The fourth-order valence-corrected chi connectivity index (χ4v) is 3.33. The van der Waals surface area contributed by atoms with Crippen molar-refractivity contribution < 1.29 is 4.80 Å². The van der Waals surface area contributed by atoms with E-state index in [9.17, 15) is 4.80 Å². The Hall–Kier alpha value is -1.35. The van der Waals surface area contributed by atoms with E-state index >= 15 is 0 Å². The Balaban J connectivity index is 5.15. The Bertz CT molecular complexity index is 415. The molecule has 0 aromatic heterocycles. The summed E-state index contributed by atoms with van der Waals surface area (Å²) in [4.78, 5) is 10.5. The first kappa shape index (κ1) is 20.6. The van der Waals surface area contributed by atoms with Gasteiger partial charge in [0.05, 0.1) is 18.2 Å². The van der Waals surface area contributed by atoms with Gasteiger partial charge in [0.15, 0.2) is 8.32 Å². The molecule has 0 saturated heterocycles. The van der Waals surface area contributed by atoms with Gasteiger partial charge in [-0.3, -0.25) is 0 Å². The zero-order chi connectivity index (χ0) is 17.3. The molecule has 122 valence electrons. The molecule has 0 fully saturated rings. The molecule has 4 nitrogen and oxygen atoms in total. The third-order valence-corrected chi connectivity index (χ3v) is 8.80. The minimum absolute atomic E-state index is 0.121. The molecule has 0 bridgehead atoms. The van der Waals surface area contributed by atoms with Crippen LogP contribution < -0.4 is 0 Å². The molecule has 5 heteroatoms. The summed E-state index contributed by atoms with van der Waals surface area (Å²) in [6, 6.07) is 6.59. The lowest BCUT2D eigenvalue weighted by Crippen LogP contribution is -2.40. The zero-order valence-corrected chi connectivity index (χ0v) is 15.4. The highest BCUT2D eigenvalue weighted by Crippen LogP contribution is 2.47. The molecule has 0 aromatic carbocycles. The van der Waals surface area contributed by atoms with Crippen molar-refractivity contribution in [3.8, 4) is 18.2 Å². The van der Waals surface area contributed by atoms with E-state index in [1.54, 1.807) is 0 Å².